The molecule has 0 bridgehead atoms. The van der Waals surface area contributed by atoms with E-state index in [2.05, 4.69) is 22.5 Å². The van der Waals surface area contributed by atoms with E-state index in [0.717, 1.165) is 18.4 Å². The van der Waals surface area contributed by atoms with Gasteiger partial charge in [0.05, 0.1) is 6.54 Å². The lowest BCUT2D eigenvalue weighted by Gasteiger charge is -2.13. The number of rotatable bonds is 7. The number of amides is 1. The van der Waals surface area contributed by atoms with Crippen LogP contribution in [0.2, 0.25) is 0 Å². The predicted octanol–water partition coefficient (Wildman–Crippen LogP) is 1.48. The van der Waals surface area contributed by atoms with E-state index in [1.165, 1.54) is 0 Å². The molecule has 17 heavy (non-hydrogen) atoms. The van der Waals surface area contributed by atoms with E-state index < -0.39 is 0 Å². The summed E-state index contributed by atoms with van der Waals surface area (Å²) < 4.78 is 0. The second kappa shape index (κ2) is 7.79. The SMILES string of the molecule is CCCC(C)NC(=O)CNCc1ccncc1. The van der Waals surface area contributed by atoms with Gasteiger partial charge < -0.3 is 10.6 Å². The van der Waals surface area contributed by atoms with Crippen LogP contribution in [-0.4, -0.2) is 23.5 Å². The maximum absolute atomic E-state index is 11.5. The third kappa shape index (κ3) is 6.02. The number of nitrogens with zero attached hydrogens (tertiary/aromatic N) is 1. The van der Waals surface area contributed by atoms with Crippen molar-refractivity contribution < 1.29 is 4.79 Å². The fourth-order valence-corrected chi connectivity index (χ4v) is 1.65. The fraction of sp³-hybridized carbons (Fsp3) is 0.538. The molecule has 94 valence electrons. The molecule has 0 saturated carbocycles. The Hall–Kier alpha value is -1.42. The van der Waals surface area contributed by atoms with Crippen molar-refractivity contribution in [2.45, 2.75) is 39.3 Å². The van der Waals surface area contributed by atoms with Gasteiger partial charge in [0.25, 0.3) is 0 Å². The van der Waals surface area contributed by atoms with Crippen LogP contribution in [0.4, 0.5) is 0 Å². The topological polar surface area (TPSA) is 54.0 Å². The molecule has 1 aromatic rings. The van der Waals surface area contributed by atoms with Gasteiger partial charge in [-0.2, -0.15) is 0 Å². The van der Waals surface area contributed by atoms with Crippen LogP contribution in [0.5, 0.6) is 0 Å². The second-order valence-electron chi connectivity index (χ2n) is 4.22. The number of aromatic nitrogens is 1. The molecule has 0 saturated heterocycles. The van der Waals surface area contributed by atoms with Crippen LogP contribution in [0, 0.1) is 0 Å². The summed E-state index contributed by atoms with van der Waals surface area (Å²) in [6.07, 6.45) is 5.61. The van der Waals surface area contributed by atoms with Crippen molar-refractivity contribution >= 4 is 5.91 Å². The number of carbonyl (C=O) groups is 1. The first-order valence-corrected chi connectivity index (χ1v) is 6.11. The minimum atomic E-state index is 0.0556. The summed E-state index contributed by atoms with van der Waals surface area (Å²) in [6.45, 7) is 5.20. The summed E-state index contributed by atoms with van der Waals surface area (Å²) in [7, 11) is 0. The number of pyridine rings is 1. The van der Waals surface area contributed by atoms with Gasteiger partial charge in [-0.25, -0.2) is 0 Å². The lowest BCUT2D eigenvalue weighted by atomic mass is 10.2. The van der Waals surface area contributed by atoms with Crippen LogP contribution in [0.3, 0.4) is 0 Å². The Morgan fingerprint density at radius 2 is 2.12 bits per heavy atom. The Morgan fingerprint density at radius 1 is 1.41 bits per heavy atom. The summed E-state index contributed by atoms with van der Waals surface area (Å²) in [5.74, 6) is 0.0556. The quantitative estimate of drug-likeness (QED) is 0.752. The molecular weight excluding hydrogens is 214 g/mol. The summed E-state index contributed by atoms with van der Waals surface area (Å²) in [4.78, 5) is 15.5. The van der Waals surface area contributed by atoms with Crippen LogP contribution >= 0.6 is 0 Å². The summed E-state index contributed by atoms with van der Waals surface area (Å²) in [5, 5.41) is 6.06. The molecule has 4 heteroatoms. The molecule has 1 unspecified atom stereocenters. The summed E-state index contributed by atoms with van der Waals surface area (Å²) in [5.41, 5.74) is 1.13. The third-order valence-electron chi connectivity index (χ3n) is 2.49. The lowest BCUT2D eigenvalue weighted by Crippen LogP contribution is -2.38. The van der Waals surface area contributed by atoms with Gasteiger partial charge >= 0.3 is 0 Å². The monoisotopic (exact) mass is 235 g/mol. The van der Waals surface area contributed by atoms with Crippen molar-refractivity contribution in [1.29, 1.82) is 0 Å². The van der Waals surface area contributed by atoms with Gasteiger partial charge in [0, 0.05) is 25.0 Å². The average molecular weight is 235 g/mol. The largest absolute Gasteiger partial charge is 0.353 e. The molecule has 0 aromatic carbocycles. The Balaban J connectivity index is 2.16. The van der Waals surface area contributed by atoms with Crippen LogP contribution in [0.25, 0.3) is 0 Å². The Kier molecular flexibility index (Phi) is 6.25. The molecule has 1 rings (SSSR count). The standard InChI is InChI=1S/C13H21N3O/c1-3-4-11(2)16-13(17)10-15-9-12-5-7-14-8-6-12/h5-8,11,15H,3-4,9-10H2,1-2H3,(H,16,17). The molecule has 1 heterocycles. The fourth-order valence-electron chi connectivity index (χ4n) is 1.65. The van der Waals surface area contributed by atoms with Gasteiger partial charge in [0.1, 0.15) is 0 Å². The first-order chi connectivity index (χ1) is 8.22. The number of hydrogen-bond donors (Lipinski definition) is 2. The van der Waals surface area contributed by atoms with Gasteiger partial charge in [-0.3, -0.25) is 9.78 Å². The van der Waals surface area contributed by atoms with E-state index in [0.29, 0.717) is 13.1 Å². The Labute approximate surface area is 103 Å². The first-order valence-electron chi connectivity index (χ1n) is 6.11. The highest BCUT2D eigenvalue weighted by Crippen LogP contribution is 1.95. The van der Waals surface area contributed by atoms with E-state index in [1.54, 1.807) is 12.4 Å². The highest BCUT2D eigenvalue weighted by atomic mass is 16.1. The number of hydrogen-bond acceptors (Lipinski definition) is 3. The van der Waals surface area contributed by atoms with Crippen molar-refractivity contribution in [2.75, 3.05) is 6.54 Å². The van der Waals surface area contributed by atoms with Gasteiger partial charge in [0.2, 0.25) is 5.91 Å². The molecule has 0 aliphatic carbocycles. The summed E-state index contributed by atoms with van der Waals surface area (Å²) >= 11 is 0. The van der Waals surface area contributed by atoms with E-state index in [-0.39, 0.29) is 11.9 Å². The minimum Gasteiger partial charge on any atom is -0.353 e. The summed E-state index contributed by atoms with van der Waals surface area (Å²) in [6, 6.07) is 4.13. The molecule has 1 aromatic heterocycles. The van der Waals surface area contributed by atoms with Gasteiger partial charge in [-0.15, -0.1) is 0 Å². The zero-order valence-corrected chi connectivity index (χ0v) is 10.6. The van der Waals surface area contributed by atoms with Crippen molar-refractivity contribution in [3.63, 3.8) is 0 Å². The van der Waals surface area contributed by atoms with E-state index in [9.17, 15) is 4.79 Å². The number of nitrogens with one attached hydrogen (secondary N) is 2. The van der Waals surface area contributed by atoms with Crippen LogP contribution in [-0.2, 0) is 11.3 Å². The Bertz CT molecular complexity index is 327. The highest BCUT2D eigenvalue weighted by molar-refractivity contribution is 5.78. The smallest absolute Gasteiger partial charge is 0.234 e. The molecule has 0 radical (unpaired) electrons. The molecule has 0 fully saturated rings. The maximum atomic E-state index is 11.5. The Morgan fingerprint density at radius 3 is 2.76 bits per heavy atom. The number of carbonyl (C=O) groups excluding carboxylic acids is 1. The zero-order chi connectivity index (χ0) is 12.5. The van der Waals surface area contributed by atoms with Crippen molar-refractivity contribution in [1.82, 2.24) is 15.6 Å². The molecule has 2 N–H and O–H groups in total. The molecule has 1 amide bonds. The molecular formula is C13H21N3O. The molecule has 0 aliphatic rings. The first kappa shape index (κ1) is 13.6. The maximum Gasteiger partial charge on any atom is 0.234 e. The van der Waals surface area contributed by atoms with E-state index in [4.69, 9.17) is 0 Å². The molecule has 4 nitrogen and oxygen atoms in total. The average Bonchev–Trinajstić information content (AvgIpc) is 2.30. The van der Waals surface area contributed by atoms with Crippen molar-refractivity contribution in [2.24, 2.45) is 0 Å². The molecule has 0 aliphatic heterocycles. The normalized spacial score (nSPS) is 12.1. The van der Waals surface area contributed by atoms with Crippen molar-refractivity contribution in [3.8, 4) is 0 Å². The van der Waals surface area contributed by atoms with Crippen molar-refractivity contribution in [3.05, 3.63) is 30.1 Å². The van der Waals surface area contributed by atoms with Gasteiger partial charge in [-0.1, -0.05) is 13.3 Å². The van der Waals surface area contributed by atoms with Crippen LogP contribution in [0.15, 0.2) is 24.5 Å². The van der Waals surface area contributed by atoms with Gasteiger partial charge in [0.15, 0.2) is 0 Å². The van der Waals surface area contributed by atoms with E-state index >= 15 is 0 Å². The highest BCUT2D eigenvalue weighted by Gasteiger charge is 2.05. The minimum absolute atomic E-state index is 0.0556. The predicted molar refractivity (Wildman–Crippen MR) is 68.5 cm³/mol. The third-order valence-corrected chi connectivity index (χ3v) is 2.49. The second-order valence-corrected chi connectivity index (χ2v) is 4.22. The lowest BCUT2D eigenvalue weighted by molar-refractivity contribution is -0.120. The zero-order valence-electron chi connectivity index (χ0n) is 10.6. The van der Waals surface area contributed by atoms with Gasteiger partial charge in [-0.05, 0) is 31.0 Å². The van der Waals surface area contributed by atoms with Crippen LogP contribution < -0.4 is 10.6 Å². The van der Waals surface area contributed by atoms with Crippen LogP contribution in [0.1, 0.15) is 32.3 Å². The molecule has 0 spiro atoms. The van der Waals surface area contributed by atoms with E-state index in [1.807, 2.05) is 19.1 Å². The molecule has 1 atom stereocenters.